The van der Waals surface area contributed by atoms with Crippen molar-refractivity contribution < 1.29 is 14.2 Å². The topological polar surface area (TPSA) is 27.7 Å². The third-order valence-corrected chi connectivity index (χ3v) is 4.92. The molecule has 1 unspecified atom stereocenters. The smallest absolute Gasteiger partial charge is 0.175 e. The molecule has 0 aliphatic carbocycles. The average molecular weight is 336 g/mol. The first kappa shape index (κ1) is 16.1. The highest BCUT2D eigenvalue weighted by Gasteiger charge is 2.21. The van der Waals surface area contributed by atoms with Crippen LogP contribution in [-0.4, -0.2) is 19.8 Å². The van der Waals surface area contributed by atoms with Gasteiger partial charge in [-0.2, -0.15) is 0 Å². The van der Waals surface area contributed by atoms with Gasteiger partial charge in [0, 0.05) is 5.56 Å². The standard InChI is InChI=1S/C22H24O3/c1-2-6-17-8-5-10-19-21(24-14-13-23-19)15-25-20-12-11-16-7-3-4-9-18(16)22(17)20/h3-5,7,9-12,17H,2,6,8,13-15H2,1H3/b10-5-. The van der Waals surface area contributed by atoms with Crippen molar-refractivity contribution in [1.29, 1.82) is 0 Å². The number of allylic oxidation sites excluding steroid dienone is 2. The lowest BCUT2D eigenvalue weighted by atomic mass is 9.86. The summed E-state index contributed by atoms with van der Waals surface area (Å²) >= 11 is 0. The molecule has 2 aliphatic rings. The van der Waals surface area contributed by atoms with Crippen molar-refractivity contribution in [3.8, 4) is 5.75 Å². The van der Waals surface area contributed by atoms with E-state index in [-0.39, 0.29) is 0 Å². The molecule has 2 aliphatic heterocycles. The van der Waals surface area contributed by atoms with Crippen LogP contribution in [0.2, 0.25) is 0 Å². The van der Waals surface area contributed by atoms with Crippen molar-refractivity contribution in [3.63, 3.8) is 0 Å². The van der Waals surface area contributed by atoms with Gasteiger partial charge in [0.25, 0.3) is 0 Å². The van der Waals surface area contributed by atoms with Gasteiger partial charge in [-0.25, -0.2) is 0 Å². The fourth-order valence-corrected chi connectivity index (χ4v) is 3.76. The Balaban J connectivity index is 1.82. The Morgan fingerprint density at radius 3 is 2.80 bits per heavy atom. The summed E-state index contributed by atoms with van der Waals surface area (Å²) in [7, 11) is 0. The molecular weight excluding hydrogens is 312 g/mol. The lowest BCUT2D eigenvalue weighted by molar-refractivity contribution is 0.0534. The molecule has 25 heavy (non-hydrogen) atoms. The molecule has 0 spiro atoms. The Morgan fingerprint density at radius 2 is 1.88 bits per heavy atom. The van der Waals surface area contributed by atoms with Crippen LogP contribution in [0.4, 0.5) is 0 Å². The van der Waals surface area contributed by atoms with E-state index in [4.69, 9.17) is 14.2 Å². The van der Waals surface area contributed by atoms with E-state index in [2.05, 4.69) is 55.5 Å². The third-order valence-electron chi connectivity index (χ3n) is 4.92. The monoisotopic (exact) mass is 336 g/mol. The van der Waals surface area contributed by atoms with Crippen LogP contribution in [0.3, 0.4) is 0 Å². The summed E-state index contributed by atoms with van der Waals surface area (Å²) in [6.07, 6.45) is 7.53. The zero-order valence-corrected chi connectivity index (χ0v) is 14.7. The Bertz CT molecular complexity index is 819. The molecule has 130 valence electrons. The Hall–Kier alpha value is -2.42. The van der Waals surface area contributed by atoms with Gasteiger partial charge in [0.1, 0.15) is 25.6 Å². The number of fused-ring (bicyclic) bond motifs is 3. The molecule has 0 saturated heterocycles. The maximum atomic E-state index is 6.22. The van der Waals surface area contributed by atoms with E-state index in [9.17, 15) is 0 Å². The minimum Gasteiger partial charge on any atom is -0.487 e. The lowest BCUT2D eigenvalue weighted by Crippen LogP contribution is -2.18. The van der Waals surface area contributed by atoms with Crippen molar-refractivity contribution in [2.24, 2.45) is 0 Å². The van der Waals surface area contributed by atoms with E-state index in [0.29, 0.717) is 25.7 Å². The molecule has 0 radical (unpaired) electrons. The highest BCUT2D eigenvalue weighted by atomic mass is 16.6. The molecule has 0 bridgehead atoms. The van der Waals surface area contributed by atoms with Crippen LogP contribution in [0.5, 0.6) is 5.75 Å². The maximum Gasteiger partial charge on any atom is 0.175 e. The maximum absolute atomic E-state index is 6.22. The van der Waals surface area contributed by atoms with Gasteiger partial charge in [-0.1, -0.05) is 49.8 Å². The van der Waals surface area contributed by atoms with Gasteiger partial charge in [0.15, 0.2) is 11.5 Å². The quantitative estimate of drug-likeness (QED) is 0.743. The summed E-state index contributed by atoms with van der Waals surface area (Å²) in [5.74, 6) is 3.00. The molecule has 2 heterocycles. The number of hydrogen-bond acceptors (Lipinski definition) is 3. The molecule has 2 aromatic rings. The van der Waals surface area contributed by atoms with Gasteiger partial charge in [-0.3, -0.25) is 0 Å². The number of benzene rings is 2. The van der Waals surface area contributed by atoms with Crippen molar-refractivity contribution in [1.82, 2.24) is 0 Å². The average Bonchev–Trinajstić information content (AvgIpc) is 2.66. The van der Waals surface area contributed by atoms with Crippen molar-refractivity contribution in [2.75, 3.05) is 19.8 Å². The number of ether oxygens (including phenoxy) is 3. The van der Waals surface area contributed by atoms with Crippen LogP contribution in [-0.2, 0) is 9.47 Å². The predicted molar refractivity (Wildman–Crippen MR) is 99.8 cm³/mol. The van der Waals surface area contributed by atoms with Crippen LogP contribution < -0.4 is 4.74 Å². The molecule has 0 aromatic heterocycles. The summed E-state index contributed by atoms with van der Waals surface area (Å²) in [5.41, 5.74) is 1.32. The summed E-state index contributed by atoms with van der Waals surface area (Å²) < 4.78 is 17.7. The zero-order chi connectivity index (χ0) is 17.1. The summed E-state index contributed by atoms with van der Waals surface area (Å²) in [5, 5.41) is 2.56. The van der Waals surface area contributed by atoms with E-state index < -0.39 is 0 Å². The van der Waals surface area contributed by atoms with Crippen LogP contribution in [0.15, 0.2) is 60.1 Å². The second kappa shape index (κ2) is 7.22. The molecule has 0 amide bonds. The fourth-order valence-electron chi connectivity index (χ4n) is 3.76. The van der Waals surface area contributed by atoms with E-state index in [0.717, 1.165) is 36.5 Å². The minimum atomic E-state index is 0.407. The molecule has 1 atom stereocenters. The SMILES string of the molecule is CCCC1C/C=C\C2=C(COc3ccc4ccccc4c31)OCCO2. The van der Waals surface area contributed by atoms with E-state index in [1.165, 1.54) is 16.3 Å². The normalized spacial score (nSPS) is 21.4. The van der Waals surface area contributed by atoms with Gasteiger partial charge in [0.2, 0.25) is 0 Å². The molecule has 3 heteroatoms. The predicted octanol–water partition coefficient (Wildman–Crippen LogP) is 5.32. The first-order chi connectivity index (χ1) is 12.4. The highest BCUT2D eigenvalue weighted by Crippen LogP contribution is 2.39. The largest absolute Gasteiger partial charge is 0.487 e. The van der Waals surface area contributed by atoms with Crippen LogP contribution in [0.1, 0.15) is 37.7 Å². The molecule has 2 aromatic carbocycles. The molecule has 3 nitrogen and oxygen atoms in total. The fraction of sp³-hybridized carbons (Fsp3) is 0.364. The first-order valence-electron chi connectivity index (χ1n) is 9.16. The van der Waals surface area contributed by atoms with Gasteiger partial charge in [0.05, 0.1) is 0 Å². The van der Waals surface area contributed by atoms with Crippen molar-refractivity contribution in [2.45, 2.75) is 32.1 Å². The third kappa shape index (κ3) is 3.23. The molecule has 0 N–H and O–H groups in total. The Kier molecular flexibility index (Phi) is 4.64. The molecular formula is C22H24O3. The lowest BCUT2D eigenvalue weighted by Gasteiger charge is -2.25. The van der Waals surface area contributed by atoms with E-state index in [1.807, 2.05) is 0 Å². The van der Waals surface area contributed by atoms with Gasteiger partial charge >= 0.3 is 0 Å². The van der Waals surface area contributed by atoms with Crippen molar-refractivity contribution >= 4 is 10.8 Å². The number of hydrogen-bond donors (Lipinski definition) is 0. The van der Waals surface area contributed by atoms with Crippen LogP contribution in [0, 0.1) is 0 Å². The van der Waals surface area contributed by atoms with Crippen LogP contribution >= 0.6 is 0 Å². The second-order valence-corrected chi connectivity index (χ2v) is 6.60. The Morgan fingerprint density at radius 1 is 1.00 bits per heavy atom. The van der Waals surface area contributed by atoms with Crippen LogP contribution in [0.25, 0.3) is 10.8 Å². The Labute approximate surface area is 148 Å². The minimum absolute atomic E-state index is 0.407. The van der Waals surface area contributed by atoms with Gasteiger partial charge in [-0.15, -0.1) is 0 Å². The summed E-state index contributed by atoms with van der Waals surface area (Å²) in [6.45, 7) is 3.83. The molecule has 0 fully saturated rings. The van der Waals surface area contributed by atoms with E-state index in [1.54, 1.807) is 0 Å². The van der Waals surface area contributed by atoms with Gasteiger partial charge < -0.3 is 14.2 Å². The zero-order valence-electron chi connectivity index (χ0n) is 14.7. The summed E-state index contributed by atoms with van der Waals surface area (Å²) in [6, 6.07) is 12.8. The van der Waals surface area contributed by atoms with E-state index >= 15 is 0 Å². The highest BCUT2D eigenvalue weighted by molar-refractivity contribution is 5.88. The second-order valence-electron chi connectivity index (χ2n) is 6.60. The molecule has 0 saturated carbocycles. The first-order valence-corrected chi connectivity index (χ1v) is 9.16. The van der Waals surface area contributed by atoms with Crippen molar-refractivity contribution in [3.05, 3.63) is 65.6 Å². The molecule has 4 rings (SSSR count). The van der Waals surface area contributed by atoms with Gasteiger partial charge in [-0.05, 0) is 41.7 Å². The number of rotatable bonds is 2. The summed E-state index contributed by atoms with van der Waals surface area (Å²) in [4.78, 5) is 0.